The van der Waals surface area contributed by atoms with E-state index in [4.69, 9.17) is 10.6 Å². The molecule has 0 spiro atoms. The molecule has 2 aromatic rings. The third kappa shape index (κ3) is 2.36. The fourth-order valence-corrected chi connectivity index (χ4v) is 2.88. The highest BCUT2D eigenvalue weighted by molar-refractivity contribution is 5.81. The van der Waals surface area contributed by atoms with Gasteiger partial charge >= 0.3 is 0 Å². The van der Waals surface area contributed by atoms with Gasteiger partial charge in [0.1, 0.15) is 0 Å². The van der Waals surface area contributed by atoms with Gasteiger partial charge in [0.25, 0.3) is 0 Å². The fraction of sp³-hybridized carbons (Fsp3) is 0.500. The van der Waals surface area contributed by atoms with Crippen molar-refractivity contribution in [3.63, 3.8) is 0 Å². The molecule has 0 amide bonds. The highest BCUT2D eigenvalue weighted by Crippen LogP contribution is 2.23. The number of aromatic nitrogens is 2. The number of nitrogens with one attached hydrogen (secondary N) is 1. The number of benzene rings is 1. The van der Waals surface area contributed by atoms with Gasteiger partial charge in [0.15, 0.2) is 0 Å². The molecule has 1 aromatic carbocycles. The molecule has 1 aliphatic rings. The zero-order valence-electron chi connectivity index (χ0n) is 11.2. The minimum atomic E-state index is 0.223. The van der Waals surface area contributed by atoms with Crippen LogP contribution in [0.3, 0.4) is 0 Å². The van der Waals surface area contributed by atoms with Crippen LogP contribution in [0.2, 0.25) is 0 Å². The lowest BCUT2D eigenvalue weighted by Crippen LogP contribution is -2.42. The number of fused-ring (bicyclic) bond motifs is 1. The van der Waals surface area contributed by atoms with E-state index in [1.165, 1.54) is 5.39 Å². The second kappa shape index (κ2) is 5.28. The van der Waals surface area contributed by atoms with Gasteiger partial charge < -0.3 is 4.74 Å². The van der Waals surface area contributed by atoms with Gasteiger partial charge in [0.05, 0.1) is 17.8 Å². The third-order valence-electron chi connectivity index (χ3n) is 4.00. The molecule has 0 saturated carbocycles. The van der Waals surface area contributed by atoms with Crippen molar-refractivity contribution in [1.82, 2.24) is 15.2 Å². The molecule has 0 aliphatic carbocycles. The Bertz CT molecular complexity index is 560. The summed E-state index contributed by atoms with van der Waals surface area (Å²) in [6.45, 7) is 1.63. The van der Waals surface area contributed by atoms with Crippen molar-refractivity contribution in [3.8, 4) is 0 Å². The van der Waals surface area contributed by atoms with Crippen LogP contribution in [0.4, 0.5) is 0 Å². The molecule has 19 heavy (non-hydrogen) atoms. The van der Waals surface area contributed by atoms with Crippen molar-refractivity contribution < 1.29 is 4.74 Å². The summed E-state index contributed by atoms with van der Waals surface area (Å²) in [7, 11) is 1.98. The second-order valence-electron chi connectivity index (χ2n) is 5.19. The molecule has 5 heteroatoms. The Hall–Kier alpha value is -1.43. The van der Waals surface area contributed by atoms with E-state index in [0.29, 0.717) is 5.92 Å². The summed E-state index contributed by atoms with van der Waals surface area (Å²) in [6, 6.07) is 8.53. The summed E-state index contributed by atoms with van der Waals surface area (Å²) in [5.41, 5.74) is 5.20. The highest BCUT2D eigenvalue weighted by Gasteiger charge is 2.26. The number of hydrazine groups is 1. The quantitative estimate of drug-likeness (QED) is 0.635. The third-order valence-corrected chi connectivity index (χ3v) is 4.00. The van der Waals surface area contributed by atoms with E-state index in [-0.39, 0.29) is 6.04 Å². The summed E-state index contributed by atoms with van der Waals surface area (Å²) in [6.07, 6.45) is 1.91. The predicted molar refractivity (Wildman–Crippen MR) is 74.5 cm³/mol. The largest absolute Gasteiger partial charge is 0.381 e. The number of hydrogen-bond donors (Lipinski definition) is 2. The standard InChI is InChI=1S/C14H20N4O/c1-18-14-5-3-2-4-11(14)13(17-18)8-12(16-15)10-6-7-19-9-10/h2-5,10,12,16H,6-9,15H2,1H3. The van der Waals surface area contributed by atoms with Crippen molar-refractivity contribution in [3.05, 3.63) is 30.0 Å². The molecule has 2 heterocycles. The number of aryl methyl sites for hydroxylation is 1. The Morgan fingerprint density at radius 2 is 2.37 bits per heavy atom. The zero-order valence-corrected chi connectivity index (χ0v) is 11.2. The zero-order chi connectivity index (χ0) is 13.2. The Morgan fingerprint density at radius 3 is 3.11 bits per heavy atom. The number of nitrogens with zero attached hydrogens (tertiary/aromatic N) is 2. The molecule has 1 aromatic heterocycles. The van der Waals surface area contributed by atoms with E-state index in [1.807, 2.05) is 17.8 Å². The first-order valence-corrected chi connectivity index (χ1v) is 6.74. The second-order valence-corrected chi connectivity index (χ2v) is 5.19. The summed E-state index contributed by atoms with van der Waals surface area (Å²) in [5.74, 6) is 6.19. The van der Waals surface area contributed by atoms with E-state index in [2.05, 4.69) is 28.7 Å². The van der Waals surface area contributed by atoms with Crippen LogP contribution in [0.1, 0.15) is 12.1 Å². The normalized spacial score (nSPS) is 21.1. The van der Waals surface area contributed by atoms with Gasteiger partial charge in [-0.2, -0.15) is 5.10 Å². The average Bonchev–Trinajstić information content (AvgIpc) is 3.06. The van der Waals surface area contributed by atoms with Crippen LogP contribution < -0.4 is 11.3 Å². The van der Waals surface area contributed by atoms with E-state index in [9.17, 15) is 0 Å². The predicted octanol–water partition coefficient (Wildman–Crippen LogP) is 0.984. The summed E-state index contributed by atoms with van der Waals surface area (Å²) in [4.78, 5) is 0. The maximum atomic E-state index is 5.71. The van der Waals surface area contributed by atoms with Gasteiger partial charge in [-0.1, -0.05) is 18.2 Å². The minimum absolute atomic E-state index is 0.223. The molecular weight excluding hydrogens is 240 g/mol. The summed E-state index contributed by atoms with van der Waals surface area (Å²) < 4.78 is 7.38. The van der Waals surface area contributed by atoms with Gasteiger partial charge in [0.2, 0.25) is 0 Å². The Morgan fingerprint density at radius 1 is 1.53 bits per heavy atom. The Kier molecular flexibility index (Phi) is 3.50. The van der Waals surface area contributed by atoms with Crippen LogP contribution in [-0.4, -0.2) is 29.0 Å². The molecule has 5 nitrogen and oxygen atoms in total. The lowest BCUT2D eigenvalue weighted by molar-refractivity contribution is 0.176. The first kappa shape index (κ1) is 12.6. The SMILES string of the molecule is Cn1nc(CC(NN)C2CCOC2)c2ccccc21. The number of hydrogen-bond acceptors (Lipinski definition) is 4. The molecule has 2 atom stereocenters. The first-order valence-electron chi connectivity index (χ1n) is 6.74. The van der Waals surface area contributed by atoms with E-state index < -0.39 is 0 Å². The lowest BCUT2D eigenvalue weighted by Gasteiger charge is -2.20. The monoisotopic (exact) mass is 260 g/mol. The van der Waals surface area contributed by atoms with Crippen LogP contribution in [0.5, 0.6) is 0 Å². The van der Waals surface area contributed by atoms with E-state index >= 15 is 0 Å². The fourth-order valence-electron chi connectivity index (χ4n) is 2.88. The molecule has 1 saturated heterocycles. The van der Waals surface area contributed by atoms with Crippen molar-refractivity contribution in [2.45, 2.75) is 18.9 Å². The van der Waals surface area contributed by atoms with Crippen molar-refractivity contribution >= 4 is 10.9 Å². The molecule has 1 aliphatic heterocycles. The van der Waals surface area contributed by atoms with Gasteiger partial charge in [-0.05, 0) is 12.5 Å². The van der Waals surface area contributed by atoms with Gasteiger partial charge in [-0.3, -0.25) is 16.0 Å². The van der Waals surface area contributed by atoms with Gasteiger partial charge in [-0.25, -0.2) is 0 Å². The molecule has 0 bridgehead atoms. The molecular formula is C14H20N4O. The smallest absolute Gasteiger partial charge is 0.0719 e. The van der Waals surface area contributed by atoms with E-state index in [1.54, 1.807) is 0 Å². The maximum absolute atomic E-state index is 5.71. The Balaban J connectivity index is 1.87. The van der Waals surface area contributed by atoms with Crippen LogP contribution in [0, 0.1) is 5.92 Å². The maximum Gasteiger partial charge on any atom is 0.0719 e. The molecule has 2 unspecified atom stereocenters. The van der Waals surface area contributed by atoms with Crippen LogP contribution in [0.25, 0.3) is 10.9 Å². The average molecular weight is 260 g/mol. The van der Waals surface area contributed by atoms with Crippen LogP contribution in [-0.2, 0) is 18.2 Å². The molecule has 3 N–H and O–H groups in total. The number of nitrogens with two attached hydrogens (primary N) is 1. The molecule has 1 fully saturated rings. The molecule has 102 valence electrons. The van der Waals surface area contributed by atoms with Gasteiger partial charge in [-0.15, -0.1) is 0 Å². The molecule has 3 rings (SSSR count). The van der Waals surface area contributed by atoms with Crippen molar-refractivity contribution in [1.29, 1.82) is 0 Å². The van der Waals surface area contributed by atoms with E-state index in [0.717, 1.165) is 37.3 Å². The highest BCUT2D eigenvalue weighted by atomic mass is 16.5. The summed E-state index contributed by atoms with van der Waals surface area (Å²) >= 11 is 0. The van der Waals surface area contributed by atoms with Gasteiger partial charge in [0, 0.05) is 37.4 Å². The van der Waals surface area contributed by atoms with Crippen LogP contribution in [0.15, 0.2) is 24.3 Å². The number of ether oxygens (including phenoxy) is 1. The Labute approximate surface area is 112 Å². The lowest BCUT2D eigenvalue weighted by atomic mass is 9.94. The first-order chi connectivity index (χ1) is 9.29. The van der Waals surface area contributed by atoms with Crippen molar-refractivity contribution in [2.75, 3.05) is 13.2 Å². The minimum Gasteiger partial charge on any atom is -0.381 e. The van der Waals surface area contributed by atoms with Crippen molar-refractivity contribution in [2.24, 2.45) is 18.8 Å². The number of rotatable bonds is 4. The number of para-hydroxylation sites is 1. The molecule has 0 radical (unpaired) electrons. The topological polar surface area (TPSA) is 65.1 Å². The van der Waals surface area contributed by atoms with Crippen LogP contribution >= 0.6 is 0 Å². The summed E-state index contributed by atoms with van der Waals surface area (Å²) in [5, 5.41) is 5.84.